The van der Waals surface area contributed by atoms with Crippen molar-refractivity contribution in [1.29, 1.82) is 0 Å². The van der Waals surface area contributed by atoms with Gasteiger partial charge in [0.1, 0.15) is 5.84 Å². The molecule has 15 heavy (non-hydrogen) atoms. The molecule has 3 rings (SSSR count). The van der Waals surface area contributed by atoms with Crippen LogP contribution in [0.3, 0.4) is 0 Å². The Morgan fingerprint density at radius 1 is 1.20 bits per heavy atom. The molecule has 0 saturated heterocycles. The maximum Gasteiger partial charge on any atom is 0.231 e. The van der Waals surface area contributed by atoms with Crippen LogP contribution in [-0.4, -0.2) is 19.2 Å². The Hall–Kier alpha value is -1.71. The van der Waals surface area contributed by atoms with Crippen molar-refractivity contribution in [3.63, 3.8) is 0 Å². The minimum Gasteiger partial charge on any atom is -0.454 e. The summed E-state index contributed by atoms with van der Waals surface area (Å²) in [6.07, 6.45) is 2.18. The fourth-order valence-corrected chi connectivity index (χ4v) is 1.78. The topological polar surface area (TPSA) is 42.9 Å². The Morgan fingerprint density at radius 3 is 3.00 bits per heavy atom. The molecule has 78 valence electrons. The van der Waals surface area contributed by atoms with E-state index in [-0.39, 0.29) is 0 Å². The second kappa shape index (κ2) is 3.46. The second-order valence-electron chi connectivity index (χ2n) is 3.63. The van der Waals surface area contributed by atoms with Crippen LogP contribution in [0.25, 0.3) is 0 Å². The predicted molar refractivity (Wildman–Crippen MR) is 57.7 cm³/mol. The Kier molecular flexibility index (Phi) is 1.98. The molecule has 4 nitrogen and oxygen atoms in total. The SMILES string of the molecule is c1cc2c(cc1NC1=NCCC1)OCO2. The van der Waals surface area contributed by atoms with Gasteiger partial charge in [-0.05, 0) is 18.6 Å². The third-order valence-corrected chi connectivity index (χ3v) is 2.54. The van der Waals surface area contributed by atoms with E-state index in [0.717, 1.165) is 42.4 Å². The molecule has 0 atom stereocenters. The smallest absolute Gasteiger partial charge is 0.231 e. The van der Waals surface area contributed by atoms with Gasteiger partial charge in [-0.25, -0.2) is 0 Å². The average Bonchev–Trinajstić information content (AvgIpc) is 2.87. The summed E-state index contributed by atoms with van der Waals surface area (Å²) in [5, 5.41) is 3.28. The summed E-state index contributed by atoms with van der Waals surface area (Å²) >= 11 is 0. The van der Waals surface area contributed by atoms with Gasteiger partial charge < -0.3 is 14.8 Å². The van der Waals surface area contributed by atoms with Crippen LogP contribution in [0.4, 0.5) is 5.69 Å². The van der Waals surface area contributed by atoms with Gasteiger partial charge in [-0.1, -0.05) is 0 Å². The minimum absolute atomic E-state index is 0.319. The van der Waals surface area contributed by atoms with Crippen molar-refractivity contribution in [2.75, 3.05) is 18.7 Å². The lowest BCUT2D eigenvalue weighted by atomic mass is 10.2. The van der Waals surface area contributed by atoms with E-state index < -0.39 is 0 Å². The van der Waals surface area contributed by atoms with Crippen molar-refractivity contribution in [2.24, 2.45) is 4.99 Å². The first kappa shape index (κ1) is 8.59. The number of hydrogen-bond donors (Lipinski definition) is 1. The summed E-state index contributed by atoms with van der Waals surface area (Å²) < 4.78 is 10.5. The van der Waals surface area contributed by atoms with Gasteiger partial charge in [0.15, 0.2) is 11.5 Å². The predicted octanol–water partition coefficient (Wildman–Crippen LogP) is 2.02. The van der Waals surface area contributed by atoms with Gasteiger partial charge in [0.05, 0.1) is 0 Å². The normalized spacial score (nSPS) is 17.7. The van der Waals surface area contributed by atoms with Crippen molar-refractivity contribution in [3.8, 4) is 11.5 Å². The highest BCUT2D eigenvalue weighted by Gasteiger charge is 2.14. The van der Waals surface area contributed by atoms with Gasteiger partial charge >= 0.3 is 0 Å². The van der Waals surface area contributed by atoms with E-state index in [1.54, 1.807) is 0 Å². The Labute approximate surface area is 87.9 Å². The van der Waals surface area contributed by atoms with Gasteiger partial charge in [-0.3, -0.25) is 4.99 Å². The summed E-state index contributed by atoms with van der Waals surface area (Å²) in [5.41, 5.74) is 1.01. The molecule has 0 aromatic heterocycles. The molecule has 0 aliphatic carbocycles. The van der Waals surface area contributed by atoms with Gasteiger partial charge in [-0.2, -0.15) is 0 Å². The molecule has 4 heteroatoms. The summed E-state index contributed by atoms with van der Waals surface area (Å²) in [6, 6.07) is 5.84. The van der Waals surface area contributed by atoms with E-state index in [1.165, 1.54) is 0 Å². The van der Waals surface area contributed by atoms with E-state index in [2.05, 4.69) is 10.3 Å². The van der Waals surface area contributed by atoms with Crippen LogP contribution in [-0.2, 0) is 0 Å². The zero-order valence-electron chi connectivity index (χ0n) is 8.32. The van der Waals surface area contributed by atoms with Crippen molar-refractivity contribution >= 4 is 11.5 Å². The first-order valence-electron chi connectivity index (χ1n) is 5.12. The van der Waals surface area contributed by atoms with Gasteiger partial charge in [0, 0.05) is 24.7 Å². The Morgan fingerprint density at radius 2 is 2.13 bits per heavy atom. The third kappa shape index (κ3) is 1.63. The lowest BCUT2D eigenvalue weighted by molar-refractivity contribution is 0.174. The summed E-state index contributed by atoms with van der Waals surface area (Å²) in [7, 11) is 0. The average molecular weight is 204 g/mol. The van der Waals surface area contributed by atoms with E-state index >= 15 is 0 Å². The summed E-state index contributed by atoms with van der Waals surface area (Å²) in [4.78, 5) is 4.36. The number of anilines is 1. The molecule has 0 fully saturated rings. The molecule has 0 amide bonds. The van der Waals surface area contributed by atoms with E-state index in [0.29, 0.717) is 6.79 Å². The van der Waals surface area contributed by atoms with E-state index in [4.69, 9.17) is 9.47 Å². The highest BCUT2D eigenvalue weighted by atomic mass is 16.7. The highest BCUT2D eigenvalue weighted by Crippen LogP contribution is 2.34. The van der Waals surface area contributed by atoms with Crippen molar-refractivity contribution in [2.45, 2.75) is 12.8 Å². The van der Waals surface area contributed by atoms with E-state index in [9.17, 15) is 0 Å². The number of benzene rings is 1. The minimum atomic E-state index is 0.319. The molecule has 1 N–H and O–H groups in total. The first-order chi connectivity index (χ1) is 7.42. The molecular weight excluding hydrogens is 192 g/mol. The lowest BCUT2D eigenvalue weighted by Gasteiger charge is -2.06. The maximum absolute atomic E-state index is 5.30. The summed E-state index contributed by atoms with van der Waals surface area (Å²) in [6.45, 7) is 1.26. The first-order valence-corrected chi connectivity index (χ1v) is 5.12. The standard InChI is InChI=1S/C11H12N2O2/c1-2-11(12-5-1)13-8-3-4-9-10(6-8)15-7-14-9/h3-4,6H,1-2,5,7H2,(H,12,13). The lowest BCUT2D eigenvalue weighted by Crippen LogP contribution is -2.07. The molecule has 0 spiro atoms. The zero-order valence-corrected chi connectivity index (χ0v) is 8.32. The maximum atomic E-state index is 5.30. The third-order valence-electron chi connectivity index (χ3n) is 2.54. The fraction of sp³-hybridized carbons (Fsp3) is 0.364. The van der Waals surface area contributed by atoms with Crippen LogP contribution in [0.5, 0.6) is 11.5 Å². The van der Waals surface area contributed by atoms with Gasteiger partial charge in [-0.15, -0.1) is 0 Å². The number of ether oxygens (including phenoxy) is 2. The monoisotopic (exact) mass is 204 g/mol. The molecule has 2 aliphatic heterocycles. The molecule has 2 heterocycles. The molecule has 0 bridgehead atoms. The van der Waals surface area contributed by atoms with Crippen LogP contribution >= 0.6 is 0 Å². The largest absolute Gasteiger partial charge is 0.454 e. The van der Waals surface area contributed by atoms with Crippen LogP contribution in [0, 0.1) is 0 Å². The van der Waals surface area contributed by atoms with Crippen molar-refractivity contribution in [3.05, 3.63) is 18.2 Å². The Bertz CT molecular complexity index is 415. The van der Waals surface area contributed by atoms with Crippen molar-refractivity contribution in [1.82, 2.24) is 0 Å². The van der Waals surface area contributed by atoms with Gasteiger partial charge in [0.25, 0.3) is 0 Å². The number of nitrogens with zero attached hydrogens (tertiary/aromatic N) is 1. The molecular formula is C11H12N2O2. The molecule has 2 aliphatic rings. The molecule has 0 saturated carbocycles. The summed E-state index contributed by atoms with van der Waals surface area (Å²) in [5.74, 6) is 2.68. The van der Waals surface area contributed by atoms with Crippen LogP contribution in [0.1, 0.15) is 12.8 Å². The Balaban J connectivity index is 1.80. The number of aliphatic imine (C=N–C) groups is 1. The number of nitrogens with one attached hydrogen (secondary N) is 1. The number of amidine groups is 1. The van der Waals surface area contributed by atoms with Crippen molar-refractivity contribution < 1.29 is 9.47 Å². The molecule has 0 unspecified atom stereocenters. The van der Waals surface area contributed by atoms with Crippen LogP contribution < -0.4 is 14.8 Å². The zero-order chi connectivity index (χ0) is 10.1. The fourth-order valence-electron chi connectivity index (χ4n) is 1.78. The number of rotatable bonds is 1. The number of hydrogen-bond acceptors (Lipinski definition) is 4. The molecule has 1 aromatic rings. The van der Waals surface area contributed by atoms with Crippen LogP contribution in [0.2, 0.25) is 0 Å². The second-order valence-corrected chi connectivity index (χ2v) is 3.63. The van der Waals surface area contributed by atoms with Gasteiger partial charge in [0.2, 0.25) is 6.79 Å². The van der Waals surface area contributed by atoms with E-state index in [1.807, 2.05) is 18.2 Å². The number of fused-ring (bicyclic) bond motifs is 1. The van der Waals surface area contributed by atoms with Crippen LogP contribution in [0.15, 0.2) is 23.2 Å². The molecule has 0 radical (unpaired) electrons. The highest BCUT2D eigenvalue weighted by molar-refractivity contribution is 5.96. The quantitative estimate of drug-likeness (QED) is 0.761. The molecule has 1 aromatic carbocycles.